The number of anilines is 1. The van der Waals surface area contributed by atoms with Gasteiger partial charge in [-0.1, -0.05) is 47.1 Å². The maximum atomic E-state index is 12.4. The third-order valence-electron chi connectivity index (χ3n) is 4.15. The Balaban J connectivity index is 1.66. The number of nitrogens with zero attached hydrogens (tertiary/aromatic N) is 3. The molecule has 3 rings (SSSR count). The maximum absolute atomic E-state index is 12.4. The van der Waals surface area contributed by atoms with Crippen LogP contribution in [0.15, 0.2) is 47.6 Å². The molecule has 0 aliphatic heterocycles. The quantitative estimate of drug-likeness (QED) is 0.484. The van der Waals surface area contributed by atoms with Crippen molar-refractivity contribution in [2.45, 2.75) is 30.8 Å². The molecule has 0 aliphatic rings. The van der Waals surface area contributed by atoms with Crippen molar-refractivity contribution < 1.29 is 9.53 Å². The van der Waals surface area contributed by atoms with E-state index >= 15 is 0 Å². The third-order valence-corrected chi connectivity index (χ3v) is 5.76. The van der Waals surface area contributed by atoms with Gasteiger partial charge in [-0.05, 0) is 36.8 Å². The van der Waals surface area contributed by atoms with Gasteiger partial charge in [-0.2, -0.15) is 0 Å². The van der Waals surface area contributed by atoms with Crippen LogP contribution in [0.2, 0.25) is 10.0 Å². The van der Waals surface area contributed by atoms with E-state index in [4.69, 9.17) is 27.9 Å². The number of benzene rings is 2. The summed E-state index contributed by atoms with van der Waals surface area (Å²) in [5, 5.41) is 13.3. The third kappa shape index (κ3) is 5.65. The monoisotopic (exact) mass is 450 g/mol. The molecule has 0 unspecified atom stereocenters. The van der Waals surface area contributed by atoms with Crippen molar-refractivity contribution in [3.8, 4) is 5.75 Å². The number of carbonyl (C=O) groups excluding carboxylic acids is 1. The molecule has 1 N–H and O–H groups in total. The summed E-state index contributed by atoms with van der Waals surface area (Å²) in [6, 6.07) is 12.6. The van der Waals surface area contributed by atoms with E-state index in [1.165, 1.54) is 11.8 Å². The highest BCUT2D eigenvalue weighted by Gasteiger charge is 2.15. The van der Waals surface area contributed by atoms with Crippen molar-refractivity contribution >= 4 is 46.6 Å². The van der Waals surface area contributed by atoms with Gasteiger partial charge in [0.1, 0.15) is 11.6 Å². The summed E-state index contributed by atoms with van der Waals surface area (Å²) in [6.07, 6.45) is 0.125. The Hall–Kier alpha value is -2.22. The summed E-state index contributed by atoms with van der Waals surface area (Å²) in [5.74, 6) is 1.75. The maximum Gasteiger partial charge on any atom is 0.232 e. The van der Waals surface area contributed by atoms with E-state index in [1.54, 1.807) is 19.2 Å². The van der Waals surface area contributed by atoms with Crippen LogP contribution >= 0.6 is 35.0 Å². The highest BCUT2D eigenvalue weighted by Crippen LogP contribution is 2.28. The summed E-state index contributed by atoms with van der Waals surface area (Å²) in [5.41, 5.74) is 1.63. The predicted octanol–water partition coefficient (Wildman–Crippen LogP) is 5.09. The summed E-state index contributed by atoms with van der Waals surface area (Å²) >= 11 is 13.7. The van der Waals surface area contributed by atoms with Gasteiger partial charge in [-0.3, -0.25) is 4.79 Å². The lowest BCUT2D eigenvalue weighted by Gasteiger charge is -2.09. The van der Waals surface area contributed by atoms with E-state index in [-0.39, 0.29) is 12.3 Å². The highest BCUT2D eigenvalue weighted by atomic mass is 35.5. The average Bonchev–Trinajstić information content (AvgIpc) is 3.08. The number of rotatable bonds is 8. The molecule has 9 heteroatoms. The van der Waals surface area contributed by atoms with E-state index < -0.39 is 0 Å². The Morgan fingerprint density at radius 2 is 2.03 bits per heavy atom. The number of nitrogens with one attached hydrogen (secondary N) is 1. The highest BCUT2D eigenvalue weighted by molar-refractivity contribution is 7.98. The van der Waals surface area contributed by atoms with E-state index in [0.29, 0.717) is 39.6 Å². The summed E-state index contributed by atoms with van der Waals surface area (Å²) in [6.45, 7) is 2.65. The van der Waals surface area contributed by atoms with Gasteiger partial charge in [0, 0.05) is 34.1 Å². The normalized spacial score (nSPS) is 10.8. The molecule has 1 aromatic heterocycles. The van der Waals surface area contributed by atoms with Gasteiger partial charge in [0.05, 0.1) is 13.5 Å². The number of methoxy groups -OCH3 is 1. The van der Waals surface area contributed by atoms with Crippen molar-refractivity contribution in [1.82, 2.24) is 14.8 Å². The Bertz CT molecular complexity index is 1010. The van der Waals surface area contributed by atoms with Gasteiger partial charge in [-0.15, -0.1) is 10.2 Å². The van der Waals surface area contributed by atoms with Crippen LogP contribution in [0.25, 0.3) is 0 Å². The number of amides is 1. The minimum absolute atomic E-state index is 0.125. The summed E-state index contributed by atoms with van der Waals surface area (Å²) in [7, 11) is 1.58. The molecule has 0 spiro atoms. The van der Waals surface area contributed by atoms with Crippen molar-refractivity contribution in [3.05, 3.63) is 63.9 Å². The lowest BCUT2D eigenvalue weighted by molar-refractivity contribution is -0.115. The van der Waals surface area contributed by atoms with Gasteiger partial charge >= 0.3 is 0 Å². The van der Waals surface area contributed by atoms with Crippen molar-refractivity contribution in [3.63, 3.8) is 0 Å². The molecular formula is C20H20Cl2N4O2S. The molecule has 3 aromatic rings. The fraction of sp³-hybridized carbons (Fsp3) is 0.250. The van der Waals surface area contributed by atoms with Crippen LogP contribution < -0.4 is 10.1 Å². The molecule has 0 saturated heterocycles. The zero-order valence-corrected chi connectivity index (χ0v) is 18.3. The van der Waals surface area contributed by atoms with Gasteiger partial charge < -0.3 is 14.6 Å². The lowest BCUT2D eigenvalue weighted by atomic mass is 10.2. The predicted molar refractivity (Wildman–Crippen MR) is 117 cm³/mol. The Morgan fingerprint density at radius 1 is 1.21 bits per heavy atom. The zero-order chi connectivity index (χ0) is 20.8. The van der Waals surface area contributed by atoms with Gasteiger partial charge in [0.15, 0.2) is 5.16 Å². The first-order valence-electron chi connectivity index (χ1n) is 8.93. The summed E-state index contributed by atoms with van der Waals surface area (Å²) < 4.78 is 7.11. The molecule has 0 radical (unpaired) electrons. The van der Waals surface area contributed by atoms with Crippen LogP contribution in [0.5, 0.6) is 5.75 Å². The van der Waals surface area contributed by atoms with Crippen LogP contribution in [-0.4, -0.2) is 27.8 Å². The smallest absolute Gasteiger partial charge is 0.232 e. The number of thioether (sulfide) groups is 1. The average molecular weight is 451 g/mol. The molecule has 6 nitrogen and oxygen atoms in total. The number of hydrogen-bond acceptors (Lipinski definition) is 5. The SMILES string of the molecule is CCn1c(CC(=O)Nc2cccc(OC)c2)nnc1SCc1ccc(Cl)cc1Cl. The van der Waals surface area contributed by atoms with Crippen molar-refractivity contribution in [2.75, 3.05) is 12.4 Å². The second kappa shape index (κ2) is 10.0. The van der Waals surface area contributed by atoms with E-state index in [0.717, 1.165) is 10.7 Å². The largest absolute Gasteiger partial charge is 0.497 e. The van der Waals surface area contributed by atoms with Crippen LogP contribution in [0.3, 0.4) is 0 Å². The molecule has 1 amide bonds. The van der Waals surface area contributed by atoms with Crippen LogP contribution in [-0.2, 0) is 23.5 Å². The first-order valence-corrected chi connectivity index (χ1v) is 10.7. The second-order valence-electron chi connectivity index (χ2n) is 6.12. The van der Waals surface area contributed by atoms with E-state index in [2.05, 4.69) is 15.5 Å². The summed E-state index contributed by atoms with van der Waals surface area (Å²) in [4.78, 5) is 12.4. The van der Waals surface area contributed by atoms with Gasteiger partial charge in [0.2, 0.25) is 5.91 Å². The molecular weight excluding hydrogens is 431 g/mol. The number of ether oxygens (including phenoxy) is 1. The number of halogens is 2. The topological polar surface area (TPSA) is 69.0 Å². The molecule has 0 atom stereocenters. The number of aromatic nitrogens is 3. The minimum Gasteiger partial charge on any atom is -0.497 e. The number of hydrogen-bond donors (Lipinski definition) is 1. The first kappa shape index (κ1) is 21.5. The fourth-order valence-corrected chi connectivity index (χ4v) is 4.28. The van der Waals surface area contributed by atoms with Crippen molar-refractivity contribution in [1.29, 1.82) is 0 Å². The first-order chi connectivity index (χ1) is 14.0. The zero-order valence-electron chi connectivity index (χ0n) is 16.0. The lowest BCUT2D eigenvalue weighted by Crippen LogP contribution is -2.17. The Kier molecular flexibility index (Phi) is 7.41. The van der Waals surface area contributed by atoms with Crippen LogP contribution in [0, 0.1) is 0 Å². The molecule has 1 heterocycles. The van der Waals surface area contributed by atoms with E-state index in [9.17, 15) is 4.79 Å². The van der Waals surface area contributed by atoms with Crippen molar-refractivity contribution in [2.24, 2.45) is 0 Å². The molecule has 0 saturated carbocycles. The van der Waals surface area contributed by atoms with E-state index in [1.807, 2.05) is 41.8 Å². The van der Waals surface area contributed by atoms with Gasteiger partial charge in [-0.25, -0.2) is 0 Å². The van der Waals surface area contributed by atoms with Crippen LogP contribution in [0.1, 0.15) is 18.3 Å². The molecule has 29 heavy (non-hydrogen) atoms. The molecule has 0 bridgehead atoms. The Morgan fingerprint density at radius 3 is 2.76 bits per heavy atom. The standard InChI is InChI=1S/C20H20Cl2N4O2S/c1-3-26-18(11-19(27)23-15-5-4-6-16(10-15)28-2)24-25-20(26)29-12-13-7-8-14(21)9-17(13)22/h4-10H,3,11-12H2,1-2H3,(H,23,27). The number of carbonyl (C=O) groups is 1. The Labute approximate surface area is 183 Å². The van der Waals surface area contributed by atoms with Gasteiger partial charge in [0.25, 0.3) is 0 Å². The molecule has 0 aliphatic carbocycles. The molecule has 0 fully saturated rings. The molecule has 152 valence electrons. The minimum atomic E-state index is -0.169. The fourth-order valence-electron chi connectivity index (χ4n) is 2.70. The second-order valence-corrected chi connectivity index (χ2v) is 7.91. The molecule has 2 aromatic carbocycles. The van der Waals surface area contributed by atoms with Crippen LogP contribution in [0.4, 0.5) is 5.69 Å².